The second-order valence-corrected chi connectivity index (χ2v) is 30.9. The standard InChI is InChI=1S/C52H30N4O2.C52H30N4OS/c1-3-13-31(14-4-1)47-51-48(39-26-25-38-37-19-9-12-22-46(37)57-49(38)50(39)58-51)54-52(53-47)56-43-21-11-8-18-36(43)41-30-33(24-28-45(41)56)32-23-27-44-40(29-32)35-17-7-10-20-42(35)55(44)34-15-5-2-6-16-34;1-3-13-31(14-4-1)47-50-48(39-26-25-38-37-19-9-12-22-46(37)58-51(38)49(39)57-50)54-52(53-47)56-43-21-11-8-18-36(43)41-30-33(24-28-45(41)56)32-23-27-44-40(29-32)35-17-7-10-20-42(35)55(44)34-15-5-2-6-16-34/h2*1-30H. The summed E-state index contributed by atoms with van der Waals surface area (Å²) in [5.74, 6) is 1.19. The topological polar surface area (TPSA) is 111 Å². The molecule has 10 heterocycles. The molecule has 26 rings (SSSR count). The number of aromatic nitrogens is 8. The van der Waals surface area contributed by atoms with Crippen molar-refractivity contribution in [1.29, 1.82) is 0 Å². The van der Waals surface area contributed by atoms with Crippen LogP contribution in [0.2, 0.25) is 0 Å². The zero-order valence-electron chi connectivity index (χ0n) is 61.9. The quantitative estimate of drug-likeness (QED) is 0.149. The minimum atomic E-state index is 0.577. The fourth-order valence-corrected chi connectivity index (χ4v) is 19.5. The predicted octanol–water partition coefficient (Wildman–Crippen LogP) is 28.1. The van der Waals surface area contributed by atoms with E-state index in [0.717, 1.165) is 143 Å². The highest BCUT2D eigenvalue weighted by atomic mass is 32.1. The van der Waals surface area contributed by atoms with Crippen LogP contribution in [0.5, 0.6) is 0 Å². The van der Waals surface area contributed by atoms with Crippen LogP contribution in [0.25, 0.3) is 242 Å². The Bertz CT molecular complexity index is 8100. The first kappa shape index (κ1) is 64.2. The lowest BCUT2D eigenvalue weighted by Crippen LogP contribution is -2.02. The molecule has 0 amide bonds. The fraction of sp³-hybridized carbons (Fsp3) is 0. The summed E-state index contributed by atoms with van der Waals surface area (Å²) >= 11 is 1.77. The Morgan fingerprint density at radius 1 is 0.207 bits per heavy atom. The minimum Gasteiger partial charge on any atom is -0.452 e. The highest BCUT2D eigenvalue weighted by molar-refractivity contribution is 7.26. The smallest absolute Gasteiger partial charge is 0.236 e. The number of para-hydroxylation sites is 7. The van der Waals surface area contributed by atoms with Gasteiger partial charge < -0.3 is 22.4 Å². The van der Waals surface area contributed by atoms with E-state index in [1.165, 1.54) is 64.6 Å². The monoisotopic (exact) mass is 1500 g/mol. The summed E-state index contributed by atoms with van der Waals surface area (Å²) in [4.78, 5) is 21.4. The number of rotatable bonds is 8. The van der Waals surface area contributed by atoms with Crippen molar-refractivity contribution in [1.82, 2.24) is 38.2 Å². The Kier molecular flexibility index (Phi) is 13.8. The third kappa shape index (κ3) is 9.59. The number of thiophene rings is 1. The fourth-order valence-electron chi connectivity index (χ4n) is 18.3. The zero-order chi connectivity index (χ0) is 75.8. The van der Waals surface area contributed by atoms with Crippen LogP contribution in [0.3, 0.4) is 0 Å². The molecule has 12 heteroatoms. The Morgan fingerprint density at radius 3 is 1.01 bits per heavy atom. The molecule has 0 saturated carbocycles. The van der Waals surface area contributed by atoms with Gasteiger partial charge in [-0.25, -0.2) is 19.9 Å². The summed E-state index contributed by atoms with van der Waals surface area (Å²) in [7, 11) is 0. The third-order valence-corrected chi connectivity index (χ3v) is 24.7. The van der Waals surface area contributed by atoms with Crippen LogP contribution < -0.4 is 0 Å². The van der Waals surface area contributed by atoms with E-state index >= 15 is 0 Å². The number of furan rings is 3. The second kappa shape index (κ2) is 25.0. The first-order chi connectivity index (χ1) is 57.5. The number of benzene rings is 16. The second-order valence-electron chi connectivity index (χ2n) is 29.9. The van der Waals surface area contributed by atoms with Crippen molar-refractivity contribution in [2.24, 2.45) is 0 Å². The molecule has 0 unspecified atom stereocenters. The largest absolute Gasteiger partial charge is 0.452 e. The highest BCUT2D eigenvalue weighted by Gasteiger charge is 2.28. The molecule has 26 aromatic rings. The summed E-state index contributed by atoms with van der Waals surface area (Å²) in [6, 6.07) is 129. The summed E-state index contributed by atoms with van der Waals surface area (Å²) in [5, 5.41) is 15.9. The van der Waals surface area contributed by atoms with Gasteiger partial charge in [0.15, 0.2) is 27.9 Å². The molecule has 10 aromatic heterocycles. The SMILES string of the molecule is c1ccc(-c2nc(-n3c4ccccc4c4cc(-c5ccc6c(c5)c5ccccc5n6-c5ccccc5)ccc43)nc3c2oc2c3ccc3c4ccccc4oc32)cc1.c1ccc(-c2nc(-n3c4ccccc4c4cc(-c5ccc6c(c5)c5ccccc5n6-c5ccccc5)ccc43)nc3c2oc2c3ccc3c4ccccc4sc32)cc1. The zero-order valence-corrected chi connectivity index (χ0v) is 62.7. The van der Waals surface area contributed by atoms with Gasteiger partial charge in [-0.05, 0) is 150 Å². The molecular weight excluding hydrogens is 1440 g/mol. The third-order valence-electron chi connectivity index (χ3n) is 23.5. The average molecular weight is 1500 g/mol. The average Bonchev–Trinajstić information content (AvgIpc) is 1.56. The molecule has 0 spiro atoms. The lowest BCUT2D eigenvalue weighted by atomic mass is 10.0. The van der Waals surface area contributed by atoms with Crippen molar-refractivity contribution in [3.63, 3.8) is 0 Å². The van der Waals surface area contributed by atoms with Gasteiger partial charge in [-0.15, -0.1) is 11.3 Å². The summed E-state index contributed by atoms with van der Waals surface area (Å²) in [6.07, 6.45) is 0. The number of hydrogen-bond donors (Lipinski definition) is 0. The molecule has 16 aromatic carbocycles. The predicted molar refractivity (Wildman–Crippen MR) is 478 cm³/mol. The van der Waals surface area contributed by atoms with E-state index in [2.05, 4.69) is 340 Å². The van der Waals surface area contributed by atoms with Crippen molar-refractivity contribution < 1.29 is 13.3 Å². The molecule has 0 N–H and O–H groups in total. The molecule has 0 bridgehead atoms. The molecule has 0 saturated heterocycles. The van der Waals surface area contributed by atoms with Crippen molar-refractivity contribution in [3.05, 3.63) is 364 Å². The Balaban J connectivity index is 0.000000130. The van der Waals surface area contributed by atoms with Gasteiger partial charge >= 0.3 is 0 Å². The van der Waals surface area contributed by atoms with Crippen LogP contribution in [0.1, 0.15) is 0 Å². The van der Waals surface area contributed by atoms with Gasteiger partial charge in [0.05, 0.1) is 54.2 Å². The molecule has 0 fully saturated rings. The van der Waals surface area contributed by atoms with Gasteiger partial charge in [-0.1, -0.05) is 237 Å². The summed E-state index contributed by atoms with van der Waals surface area (Å²) in [5.41, 5.74) is 25.2. The normalized spacial score (nSPS) is 12.1. The van der Waals surface area contributed by atoms with Crippen molar-refractivity contribution in [2.75, 3.05) is 0 Å². The molecule has 0 aliphatic rings. The molecule has 0 atom stereocenters. The number of fused-ring (bicyclic) bond motifs is 26. The van der Waals surface area contributed by atoms with E-state index in [4.69, 9.17) is 33.2 Å². The van der Waals surface area contributed by atoms with Crippen LogP contribution >= 0.6 is 11.3 Å². The summed E-state index contributed by atoms with van der Waals surface area (Å²) in [6.45, 7) is 0. The van der Waals surface area contributed by atoms with E-state index in [-0.39, 0.29) is 0 Å². The van der Waals surface area contributed by atoms with Crippen molar-refractivity contribution in [3.8, 4) is 68.0 Å². The van der Waals surface area contributed by atoms with Crippen molar-refractivity contribution >= 4 is 185 Å². The van der Waals surface area contributed by atoms with Gasteiger partial charge in [-0.2, -0.15) is 0 Å². The lowest BCUT2D eigenvalue weighted by molar-refractivity contribution is 0.632. The van der Waals surface area contributed by atoms with Crippen LogP contribution in [-0.2, 0) is 0 Å². The van der Waals surface area contributed by atoms with Crippen LogP contribution in [-0.4, -0.2) is 38.2 Å². The van der Waals surface area contributed by atoms with E-state index in [1.54, 1.807) is 11.3 Å². The van der Waals surface area contributed by atoms with Crippen LogP contribution in [0.4, 0.5) is 0 Å². The molecule has 11 nitrogen and oxygen atoms in total. The highest BCUT2D eigenvalue weighted by Crippen LogP contribution is 2.48. The van der Waals surface area contributed by atoms with Gasteiger partial charge in [0.25, 0.3) is 0 Å². The number of nitrogens with zero attached hydrogens (tertiary/aromatic N) is 8. The molecule has 0 aliphatic heterocycles. The number of hydrogen-bond acceptors (Lipinski definition) is 8. The minimum absolute atomic E-state index is 0.577. The first-order valence-electron chi connectivity index (χ1n) is 39.0. The molecule has 540 valence electrons. The summed E-state index contributed by atoms with van der Waals surface area (Å²) < 4.78 is 31.5. The maximum Gasteiger partial charge on any atom is 0.236 e. The molecular formula is C104H60N8O3S. The van der Waals surface area contributed by atoms with Gasteiger partial charge in [0.2, 0.25) is 11.9 Å². The molecule has 0 radical (unpaired) electrons. The van der Waals surface area contributed by atoms with Gasteiger partial charge in [-0.3, -0.25) is 9.13 Å². The van der Waals surface area contributed by atoms with E-state index in [9.17, 15) is 0 Å². The van der Waals surface area contributed by atoms with Crippen LogP contribution in [0.15, 0.2) is 377 Å². The van der Waals surface area contributed by atoms with E-state index < -0.39 is 0 Å². The Hall–Kier alpha value is -15.5. The maximum absolute atomic E-state index is 6.85. The van der Waals surface area contributed by atoms with Crippen molar-refractivity contribution in [2.45, 2.75) is 0 Å². The molecule has 116 heavy (non-hydrogen) atoms. The molecule has 0 aliphatic carbocycles. The first-order valence-corrected chi connectivity index (χ1v) is 39.8. The maximum atomic E-state index is 6.85. The van der Waals surface area contributed by atoms with E-state index in [0.29, 0.717) is 34.2 Å². The lowest BCUT2D eigenvalue weighted by Gasteiger charge is -2.10. The van der Waals surface area contributed by atoms with Gasteiger partial charge in [0, 0.05) is 97.2 Å². The van der Waals surface area contributed by atoms with E-state index in [1.807, 2.05) is 42.5 Å². The van der Waals surface area contributed by atoms with Crippen LogP contribution in [0, 0.1) is 0 Å². The Labute approximate surface area is 663 Å². The van der Waals surface area contributed by atoms with Gasteiger partial charge in [0.1, 0.15) is 28.0 Å². The Morgan fingerprint density at radius 2 is 0.543 bits per heavy atom.